The molecule has 0 radical (unpaired) electrons. The molecule has 10 heteroatoms. The van der Waals surface area contributed by atoms with Crippen molar-refractivity contribution in [3.8, 4) is 6.07 Å². The van der Waals surface area contributed by atoms with Crippen molar-refractivity contribution in [2.45, 2.75) is 265 Å². The van der Waals surface area contributed by atoms with Crippen molar-refractivity contribution in [1.29, 1.82) is 5.26 Å². The molecule has 62 heavy (non-hydrogen) atoms. The highest BCUT2D eigenvalue weighted by Crippen LogP contribution is 2.17. The van der Waals surface area contributed by atoms with E-state index >= 15 is 0 Å². The number of amidine groups is 1. The number of nitriles is 1. The summed E-state index contributed by atoms with van der Waals surface area (Å²) in [6.45, 7) is 16.6. The minimum absolute atomic E-state index is 0.0213. The number of aliphatic imine (C=N–C) groups is 1. The van der Waals surface area contributed by atoms with E-state index < -0.39 is 0 Å². The molecular weight excluding hydrogens is 773 g/mol. The van der Waals surface area contributed by atoms with Crippen LogP contribution in [0.1, 0.15) is 252 Å². The Morgan fingerprint density at radius 1 is 0.645 bits per heavy atom. The number of carbonyl (C=O) groups is 2. The van der Waals surface area contributed by atoms with Gasteiger partial charge in [-0.1, -0.05) is 175 Å². The molecule has 0 aliphatic carbocycles. The predicted molar refractivity (Wildman–Crippen MR) is 266 cm³/mol. The molecule has 0 rings (SSSR count). The van der Waals surface area contributed by atoms with Crippen LogP contribution in [0.3, 0.4) is 0 Å². The van der Waals surface area contributed by atoms with E-state index in [1.54, 1.807) is 0 Å². The Bertz CT molecular complexity index is 1010. The number of hydrazone groups is 1. The monoisotopic (exact) mass is 875 g/mol. The van der Waals surface area contributed by atoms with Gasteiger partial charge in [-0.25, -0.2) is 4.99 Å². The van der Waals surface area contributed by atoms with Crippen LogP contribution in [0.2, 0.25) is 0 Å². The molecular formula is C52H102N6O4. The van der Waals surface area contributed by atoms with E-state index in [1.165, 1.54) is 154 Å². The first-order valence-corrected chi connectivity index (χ1v) is 26.2. The molecule has 1 atom stereocenters. The van der Waals surface area contributed by atoms with Crippen molar-refractivity contribution < 1.29 is 19.1 Å². The summed E-state index contributed by atoms with van der Waals surface area (Å²) in [4.78, 5) is 29.5. The van der Waals surface area contributed by atoms with Crippen LogP contribution in [0, 0.1) is 11.3 Å². The molecule has 0 heterocycles. The zero-order valence-corrected chi connectivity index (χ0v) is 41.6. The number of carbonyl (C=O) groups excluding carboxylic acids is 2. The lowest BCUT2D eigenvalue weighted by atomic mass is 10.0. The van der Waals surface area contributed by atoms with Crippen LogP contribution in [-0.4, -0.2) is 81.9 Å². The molecule has 0 aliphatic rings. The average molecular weight is 875 g/mol. The quantitative estimate of drug-likeness (QED) is 0.0154. The molecule has 0 amide bonds. The van der Waals surface area contributed by atoms with Gasteiger partial charge in [0, 0.05) is 26.7 Å². The van der Waals surface area contributed by atoms with Crippen molar-refractivity contribution >= 4 is 24.8 Å². The second-order valence-corrected chi connectivity index (χ2v) is 17.5. The summed E-state index contributed by atoms with van der Waals surface area (Å²) in [5.74, 6) is 0.134. The minimum Gasteiger partial charge on any atom is -0.462 e. The van der Waals surface area contributed by atoms with Crippen LogP contribution in [0.4, 0.5) is 0 Å². The summed E-state index contributed by atoms with van der Waals surface area (Å²) in [7, 11) is 1.89. The number of esters is 1. The maximum absolute atomic E-state index is 12.3. The maximum atomic E-state index is 12.3. The normalized spacial score (nSPS) is 11.9. The van der Waals surface area contributed by atoms with Crippen molar-refractivity contribution in [3.63, 3.8) is 0 Å². The summed E-state index contributed by atoms with van der Waals surface area (Å²) in [6.07, 6.45) is 43.9. The number of hydrogen-bond acceptors (Lipinski definition) is 9. The van der Waals surface area contributed by atoms with Crippen LogP contribution in [0.25, 0.3) is 0 Å². The van der Waals surface area contributed by atoms with Gasteiger partial charge in [-0.15, -0.1) is 0 Å². The van der Waals surface area contributed by atoms with E-state index in [9.17, 15) is 9.59 Å². The number of rotatable bonds is 47. The first kappa shape index (κ1) is 61.7. The van der Waals surface area contributed by atoms with Gasteiger partial charge < -0.3 is 19.2 Å². The third-order valence-electron chi connectivity index (χ3n) is 11.8. The minimum atomic E-state index is -0.0213. The van der Waals surface area contributed by atoms with E-state index in [1.807, 2.05) is 13.2 Å². The van der Waals surface area contributed by atoms with Crippen molar-refractivity contribution in [1.82, 2.24) is 15.6 Å². The van der Waals surface area contributed by atoms with Gasteiger partial charge in [-0.05, 0) is 90.4 Å². The second-order valence-electron chi connectivity index (χ2n) is 17.5. The Balaban J connectivity index is 0. The van der Waals surface area contributed by atoms with E-state index in [2.05, 4.69) is 60.1 Å². The topological polar surface area (TPSA) is 128 Å². The zero-order chi connectivity index (χ0) is 45.8. The fourth-order valence-electron chi connectivity index (χ4n) is 7.80. The number of aldehydes is 1. The van der Waals surface area contributed by atoms with Gasteiger partial charge in [-0.2, -0.15) is 10.4 Å². The molecule has 0 bridgehead atoms. The fourth-order valence-corrected chi connectivity index (χ4v) is 7.80. The van der Waals surface area contributed by atoms with E-state index in [0.29, 0.717) is 25.6 Å². The largest absolute Gasteiger partial charge is 0.462 e. The fraction of sp³-hybridized carbons (Fsp3) is 0.904. The molecule has 364 valence electrons. The molecule has 0 aromatic heterocycles. The lowest BCUT2D eigenvalue weighted by Gasteiger charge is -2.22. The molecule has 2 N–H and O–H groups in total. The van der Waals surface area contributed by atoms with E-state index in [4.69, 9.17) is 14.7 Å². The molecule has 0 saturated heterocycles. The van der Waals surface area contributed by atoms with E-state index in [0.717, 1.165) is 90.3 Å². The smallest absolute Gasteiger partial charge is 0.306 e. The number of hydrogen-bond donors (Lipinski definition) is 2. The third kappa shape index (κ3) is 47.1. The Morgan fingerprint density at radius 3 is 1.56 bits per heavy atom. The van der Waals surface area contributed by atoms with Gasteiger partial charge in [0.1, 0.15) is 18.5 Å². The molecule has 0 spiro atoms. The number of nitrogens with zero attached hydrogens (tertiary/aromatic N) is 4. The highest BCUT2D eigenvalue weighted by Gasteiger charge is 2.12. The van der Waals surface area contributed by atoms with Gasteiger partial charge in [0.05, 0.1) is 12.8 Å². The summed E-state index contributed by atoms with van der Waals surface area (Å²) < 4.78 is 11.4. The number of ether oxygens (including phenoxy) is 2. The van der Waals surface area contributed by atoms with Gasteiger partial charge >= 0.3 is 5.97 Å². The lowest BCUT2D eigenvalue weighted by molar-refractivity contribution is -0.149. The van der Waals surface area contributed by atoms with Gasteiger partial charge in [-0.3, -0.25) is 15.5 Å². The first-order chi connectivity index (χ1) is 30.4. The molecule has 0 fully saturated rings. The SMILES string of the molecule is C=NN/C(C#N)=N\CNCCCN(CCCCCCCC=O)CCCCCCCC(=O)OC(CC)CCCCCCCC.CCCCCCCCC(CCCCCCCC)OC. The first-order valence-electron chi connectivity index (χ1n) is 26.2. The molecule has 10 nitrogen and oxygen atoms in total. The summed E-state index contributed by atoms with van der Waals surface area (Å²) in [5.41, 5.74) is 2.47. The predicted octanol–water partition coefficient (Wildman–Crippen LogP) is 13.8. The standard InChI is InChI=1S/C34H64N6O3.C18H38O/c1-4-6-7-8-12-17-23-32(5-2)43-34(42)24-18-13-11-15-20-27-40(26-19-14-9-10-16-21-29-41)28-22-25-37-31-38-33(30-35)39-36-3;1-4-6-8-10-12-14-16-18(19-3)17-15-13-11-9-7-5-2/h29,32,37H,3-28,31H2,1-2H3,(H,38,39);18H,4-17H2,1-3H3. The Morgan fingerprint density at radius 2 is 1.10 bits per heavy atom. The van der Waals surface area contributed by atoms with Crippen LogP contribution in [0.5, 0.6) is 0 Å². The molecule has 1 unspecified atom stereocenters. The number of nitrogens with one attached hydrogen (secondary N) is 2. The van der Waals surface area contributed by atoms with Gasteiger partial charge in [0.25, 0.3) is 0 Å². The van der Waals surface area contributed by atoms with Crippen molar-refractivity contribution in [3.05, 3.63) is 0 Å². The molecule has 0 saturated carbocycles. The summed E-state index contributed by atoms with van der Waals surface area (Å²) in [5, 5.41) is 15.7. The Hall–Kier alpha value is -2.35. The Kier molecular flexibility index (Phi) is 52.8. The molecule has 0 aliphatic heterocycles. The maximum Gasteiger partial charge on any atom is 0.306 e. The zero-order valence-electron chi connectivity index (χ0n) is 41.6. The number of methoxy groups -OCH3 is 1. The van der Waals surface area contributed by atoms with Crippen LogP contribution < -0.4 is 10.7 Å². The average Bonchev–Trinajstić information content (AvgIpc) is 3.28. The van der Waals surface area contributed by atoms with Crippen LogP contribution >= 0.6 is 0 Å². The van der Waals surface area contributed by atoms with E-state index in [-0.39, 0.29) is 17.9 Å². The summed E-state index contributed by atoms with van der Waals surface area (Å²) in [6, 6.07) is 1.94. The van der Waals surface area contributed by atoms with Crippen LogP contribution in [0.15, 0.2) is 10.1 Å². The molecule has 0 aromatic rings. The molecule has 0 aromatic carbocycles. The van der Waals surface area contributed by atoms with Crippen LogP contribution in [-0.2, 0) is 19.1 Å². The van der Waals surface area contributed by atoms with Gasteiger partial charge in [0.15, 0.2) is 0 Å². The van der Waals surface area contributed by atoms with Gasteiger partial charge in [0.2, 0.25) is 5.84 Å². The lowest BCUT2D eigenvalue weighted by Crippen LogP contribution is -2.30. The van der Waals surface area contributed by atoms with Crippen molar-refractivity contribution in [2.24, 2.45) is 10.1 Å². The highest BCUT2D eigenvalue weighted by molar-refractivity contribution is 5.96. The highest BCUT2D eigenvalue weighted by atomic mass is 16.5. The van der Waals surface area contributed by atoms with Crippen molar-refractivity contribution in [2.75, 3.05) is 40.0 Å². The second kappa shape index (κ2) is 53.0. The third-order valence-corrected chi connectivity index (χ3v) is 11.8. The number of unbranched alkanes of at least 4 members (excludes halogenated alkanes) is 24. The Labute approximate surface area is 384 Å². The summed E-state index contributed by atoms with van der Waals surface area (Å²) >= 11 is 0.